The molecular weight excluding hydrogens is 242 g/mol. The van der Waals surface area contributed by atoms with Gasteiger partial charge < -0.3 is 10.5 Å². The molecule has 1 aliphatic heterocycles. The van der Waals surface area contributed by atoms with Crippen LogP contribution >= 0.6 is 0 Å². The lowest BCUT2D eigenvalue weighted by molar-refractivity contribution is -0.135. The van der Waals surface area contributed by atoms with Gasteiger partial charge in [0.15, 0.2) is 11.5 Å². The van der Waals surface area contributed by atoms with Crippen LogP contribution in [-0.2, 0) is 4.74 Å². The molecule has 0 bridgehead atoms. The summed E-state index contributed by atoms with van der Waals surface area (Å²) in [5.74, 6) is 1.21. The predicted octanol–water partition coefficient (Wildman–Crippen LogP) is 1.89. The van der Waals surface area contributed by atoms with E-state index in [9.17, 15) is 0 Å². The minimum atomic E-state index is 0.0341. The van der Waals surface area contributed by atoms with Crippen molar-refractivity contribution in [1.29, 1.82) is 0 Å². The molecule has 6 heteroatoms. The van der Waals surface area contributed by atoms with Crippen LogP contribution in [0, 0.1) is 5.92 Å². The summed E-state index contributed by atoms with van der Waals surface area (Å²) in [4.78, 5) is 12.5. The molecule has 6 nitrogen and oxygen atoms in total. The first-order valence-electron chi connectivity index (χ1n) is 6.78. The normalized spacial score (nSPS) is 33.9. The van der Waals surface area contributed by atoms with E-state index in [1.807, 2.05) is 4.57 Å². The molecule has 0 radical (unpaired) electrons. The number of hydrogen-bond acceptors (Lipinski definition) is 5. The highest BCUT2D eigenvalue weighted by Gasteiger charge is 2.49. The fourth-order valence-corrected chi connectivity index (χ4v) is 3.58. The van der Waals surface area contributed by atoms with Crippen LogP contribution in [0.15, 0.2) is 12.7 Å². The number of anilines is 1. The lowest BCUT2D eigenvalue weighted by Gasteiger charge is -2.43. The number of fused-ring (bicyclic) bond motifs is 1. The lowest BCUT2D eigenvalue weighted by atomic mass is 9.70. The molecule has 2 aromatic rings. The average molecular weight is 259 g/mol. The second kappa shape index (κ2) is 3.66. The zero-order valence-corrected chi connectivity index (χ0v) is 10.9. The molecule has 0 aromatic carbocycles. The summed E-state index contributed by atoms with van der Waals surface area (Å²) < 4.78 is 8.26. The number of rotatable bonds is 1. The number of hydrogen-bond donors (Lipinski definition) is 1. The first-order valence-corrected chi connectivity index (χ1v) is 6.78. The van der Waals surface area contributed by atoms with Crippen LogP contribution in [0.3, 0.4) is 0 Å². The quantitative estimate of drug-likeness (QED) is 0.846. The minimum Gasteiger partial charge on any atom is -0.382 e. The summed E-state index contributed by atoms with van der Waals surface area (Å²) >= 11 is 0. The van der Waals surface area contributed by atoms with Crippen LogP contribution in [-0.4, -0.2) is 25.1 Å². The summed E-state index contributed by atoms with van der Waals surface area (Å²) in [6, 6.07) is 0. The Hall–Kier alpha value is -1.69. The van der Waals surface area contributed by atoms with Crippen molar-refractivity contribution >= 4 is 17.0 Å². The van der Waals surface area contributed by atoms with E-state index >= 15 is 0 Å². The van der Waals surface area contributed by atoms with Crippen molar-refractivity contribution in [2.24, 2.45) is 5.92 Å². The fraction of sp³-hybridized carbons (Fsp3) is 0.615. The van der Waals surface area contributed by atoms with Crippen LogP contribution in [0.1, 0.15) is 38.8 Å². The first kappa shape index (κ1) is 11.2. The number of imidazole rings is 1. The molecule has 0 unspecified atom stereocenters. The second-order valence-electron chi connectivity index (χ2n) is 5.89. The van der Waals surface area contributed by atoms with E-state index in [4.69, 9.17) is 10.5 Å². The summed E-state index contributed by atoms with van der Waals surface area (Å²) in [5.41, 5.74) is 7.35. The van der Waals surface area contributed by atoms with Gasteiger partial charge >= 0.3 is 0 Å². The lowest BCUT2D eigenvalue weighted by Crippen LogP contribution is -2.42. The van der Waals surface area contributed by atoms with Crippen LogP contribution in [0.2, 0.25) is 0 Å². The maximum absolute atomic E-state index is 6.27. The van der Waals surface area contributed by atoms with Gasteiger partial charge in [-0.25, -0.2) is 15.0 Å². The Morgan fingerprint density at radius 1 is 1.37 bits per heavy atom. The number of aromatic nitrogens is 4. The van der Waals surface area contributed by atoms with Crippen molar-refractivity contribution in [2.75, 3.05) is 5.73 Å². The highest BCUT2D eigenvalue weighted by molar-refractivity contribution is 5.81. The van der Waals surface area contributed by atoms with Crippen molar-refractivity contribution in [3.63, 3.8) is 0 Å². The van der Waals surface area contributed by atoms with Gasteiger partial charge in [-0.05, 0) is 31.6 Å². The van der Waals surface area contributed by atoms with E-state index in [1.165, 1.54) is 19.2 Å². The molecule has 1 saturated carbocycles. The predicted molar refractivity (Wildman–Crippen MR) is 70.2 cm³/mol. The van der Waals surface area contributed by atoms with Crippen molar-refractivity contribution in [1.82, 2.24) is 19.5 Å². The zero-order chi connectivity index (χ0) is 13.0. The molecule has 0 amide bonds. The van der Waals surface area contributed by atoms with Crippen LogP contribution in [0.25, 0.3) is 11.2 Å². The second-order valence-corrected chi connectivity index (χ2v) is 5.89. The number of nitrogens with two attached hydrogens (primary N) is 1. The monoisotopic (exact) mass is 259 g/mol. The molecule has 4 rings (SSSR count). The number of ether oxygens (including phenoxy) is 1. The van der Waals surface area contributed by atoms with Gasteiger partial charge in [-0.2, -0.15) is 0 Å². The third-order valence-electron chi connectivity index (χ3n) is 4.37. The summed E-state index contributed by atoms with van der Waals surface area (Å²) in [7, 11) is 0. The summed E-state index contributed by atoms with van der Waals surface area (Å²) in [6.45, 7) is 2.28. The van der Waals surface area contributed by atoms with E-state index in [2.05, 4.69) is 21.9 Å². The standard InChI is InChI=1S/C13H17N5O/c1-8-4-13(5-8)3-2-9(19-13)18-7-17-10-11(14)15-6-16-12(10)18/h6-9H,2-5H2,1H3,(H2,14,15,16)/t8?,9-,13?/m1/s1. The Bertz CT molecular complexity index is 631. The Balaban J connectivity index is 1.67. The Morgan fingerprint density at radius 3 is 3.00 bits per heavy atom. The molecule has 2 N–H and O–H groups in total. The van der Waals surface area contributed by atoms with Gasteiger partial charge in [0.2, 0.25) is 0 Å². The number of nitrogen functional groups attached to an aromatic ring is 1. The fourth-order valence-electron chi connectivity index (χ4n) is 3.58. The Labute approximate surface area is 111 Å². The Kier molecular flexibility index (Phi) is 2.15. The van der Waals surface area contributed by atoms with Gasteiger partial charge in [-0.3, -0.25) is 4.57 Å². The van der Waals surface area contributed by atoms with Gasteiger partial charge in [0.1, 0.15) is 18.1 Å². The van der Waals surface area contributed by atoms with E-state index in [0.29, 0.717) is 11.3 Å². The topological polar surface area (TPSA) is 78.9 Å². The van der Waals surface area contributed by atoms with Crippen molar-refractivity contribution in [3.05, 3.63) is 12.7 Å². The maximum atomic E-state index is 6.27. The molecule has 1 atom stereocenters. The van der Waals surface area contributed by atoms with E-state index in [1.54, 1.807) is 6.33 Å². The molecule has 19 heavy (non-hydrogen) atoms. The minimum absolute atomic E-state index is 0.0341. The summed E-state index contributed by atoms with van der Waals surface area (Å²) in [5, 5.41) is 0. The molecule has 2 aromatic heterocycles. The third kappa shape index (κ3) is 1.56. The van der Waals surface area contributed by atoms with E-state index < -0.39 is 0 Å². The van der Waals surface area contributed by atoms with Gasteiger partial charge in [-0.1, -0.05) is 6.92 Å². The molecule has 2 fully saturated rings. The third-order valence-corrected chi connectivity index (χ3v) is 4.37. The maximum Gasteiger partial charge on any atom is 0.167 e. The van der Waals surface area contributed by atoms with E-state index in [-0.39, 0.29) is 11.8 Å². The van der Waals surface area contributed by atoms with Crippen molar-refractivity contribution in [2.45, 2.75) is 44.4 Å². The zero-order valence-electron chi connectivity index (χ0n) is 10.9. The molecule has 2 aliphatic rings. The SMILES string of the molecule is CC1CC2(CC[C@H](n3cnc4c(N)ncnc43)O2)C1. The van der Waals surface area contributed by atoms with Crippen LogP contribution in [0.4, 0.5) is 5.82 Å². The van der Waals surface area contributed by atoms with Gasteiger partial charge in [0.25, 0.3) is 0 Å². The highest BCUT2D eigenvalue weighted by atomic mass is 16.5. The summed E-state index contributed by atoms with van der Waals surface area (Å²) in [6.07, 6.45) is 7.77. The van der Waals surface area contributed by atoms with Gasteiger partial charge in [0.05, 0.1) is 11.9 Å². The smallest absolute Gasteiger partial charge is 0.167 e. The molecule has 100 valence electrons. The average Bonchev–Trinajstić information content (AvgIpc) is 2.93. The molecular formula is C13H17N5O. The van der Waals surface area contributed by atoms with Crippen molar-refractivity contribution < 1.29 is 4.74 Å². The number of nitrogens with zero attached hydrogens (tertiary/aromatic N) is 4. The van der Waals surface area contributed by atoms with Crippen LogP contribution < -0.4 is 5.73 Å². The molecule has 1 saturated heterocycles. The Morgan fingerprint density at radius 2 is 2.21 bits per heavy atom. The van der Waals surface area contributed by atoms with Gasteiger partial charge in [-0.15, -0.1) is 0 Å². The molecule has 3 heterocycles. The molecule has 1 spiro atoms. The molecule has 1 aliphatic carbocycles. The van der Waals surface area contributed by atoms with Crippen molar-refractivity contribution in [3.8, 4) is 0 Å². The van der Waals surface area contributed by atoms with Gasteiger partial charge in [0, 0.05) is 0 Å². The first-order chi connectivity index (χ1) is 9.17. The van der Waals surface area contributed by atoms with Crippen LogP contribution in [0.5, 0.6) is 0 Å². The largest absolute Gasteiger partial charge is 0.382 e. The van der Waals surface area contributed by atoms with E-state index in [0.717, 1.165) is 24.4 Å². The highest BCUT2D eigenvalue weighted by Crippen LogP contribution is 2.51.